The highest BCUT2D eigenvalue weighted by Crippen LogP contribution is 2.43. The predicted molar refractivity (Wildman–Crippen MR) is 120 cm³/mol. The van der Waals surface area contributed by atoms with E-state index in [1.807, 2.05) is 38.1 Å². The largest absolute Gasteiger partial charge is 0.486 e. The number of aromatic nitrogens is 4. The molecule has 0 saturated carbocycles. The van der Waals surface area contributed by atoms with Gasteiger partial charge in [-0.15, -0.1) is 0 Å². The van der Waals surface area contributed by atoms with Crippen molar-refractivity contribution >= 4 is 33.6 Å². The minimum atomic E-state index is -1.20. The third-order valence-electron chi connectivity index (χ3n) is 6.11. The molecule has 0 spiro atoms. The van der Waals surface area contributed by atoms with Gasteiger partial charge in [0.2, 0.25) is 11.9 Å². The Kier molecular flexibility index (Phi) is 4.67. The fourth-order valence-electron chi connectivity index (χ4n) is 4.22. The summed E-state index contributed by atoms with van der Waals surface area (Å²) >= 11 is 0. The van der Waals surface area contributed by atoms with Crippen LogP contribution in [0.5, 0.6) is 5.75 Å². The van der Waals surface area contributed by atoms with Crippen molar-refractivity contribution in [2.75, 3.05) is 36.7 Å². The smallest absolute Gasteiger partial charge is 0.239 e. The van der Waals surface area contributed by atoms with E-state index in [-0.39, 0.29) is 12.1 Å². The average molecular weight is 443 g/mol. The van der Waals surface area contributed by atoms with Crippen LogP contribution in [0.1, 0.15) is 26.5 Å². The number of morpholine rings is 1. The van der Waals surface area contributed by atoms with E-state index in [2.05, 4.69) is 16.8 Å². The SMILES string of the molecule is C[C@@H]1COC[C@H]2COc3c(nc(-n4c(N)nc5ccccc54)nc3C(C)(C)S(C)=O)N21. The van der Waals surface area contributed by atoms with Crippen LogP contribution in [0.15, 0.2) is 24.3 Å². The molecule has 10 heteroatoms. The van der Waals surface area contributed by atoms with Crippen LogP contribution in [0.25, 0.3) is 17.0 Å². The summed E-state index contributed by atoms with van der Waals surface area (Å²) in [7, 11) is -1.20. The van der Waals surface area contributed by atoms with Gasteiger partial charge in [-0.25, -0.2) is 14.5 Å². The van der Waals surface area contributed by atoms with Crippen LogP contribution in [-0.2, 0) is 20.3 Å². The molecule has 2 aliphatic rings. The quantitative estimate of drug-likeness (QED) is 0.656. The third-order valence-corrected chi connectivity index (χ3v) is 7.74. The molecule has 3 aromatic rings. The first kappa shape index (κ1) is 20.2. The Morgan fingerprint density at radius 1 is 1.16 bits per heavy atom. The number of nitrogen functional groups attached to an aromatic ring is 1. The van der Waals surface area contributed by atoms with E-state index < -0.39 is 15.5 Å². The van der Waals surface area contributed by atoms with Crippen LogP contribution >= 0.6 is 0 Å². The molecule has 0 radical (unpaired) electrons. The molecule has 2 N–H and O–H groups in total. The summed E-state index contributed by atoms with van der Waals surface area (Å²) < 4.78 is 25.6. The van der Waals surface area contributed by atoms with Gasteiger partial charge in [-0.3, -0.25) is 4.21 Å². The molecule has 1 aromatic carbocycles. The van der Waals surface area contributed by atoms with Gasteiger partial charge in [0.05, 0.1) is 41.1 Å². The molecule has 2 aromatic heterocycles. The van der Waals surface area contributed by atoms with Crippen LogP contribution in [0.2, 0.25) is 0 Å². The molecule has 1 saturated heterocycles. The normalized spacial score (nSPS) is 22.0. The molecule has 9 nitrogen and oxygen atoms in total. The third kappa shape index (κ3) is 3.08. The number of benzene rings is 1. The number of fused-ring (bicyclic) bond motifs is 4. The standard InChI is InChI=1S/C21H26N6O3S/c1-12-9-29-10-13-11-30-16-17(21(2,3)31(4)28)24-20(25-18(16)26(12)13)27-15-8-6-5-7-14(15)23-19(27)22/h5-8,12-13H,9-11H2,1-4H3,(H2,22,23)/t12-,13+,31?/m1/s1. The lowest BCUT2D eigenvalue weighted by Crippen LogP contribution is -2.56. The Bertz CT molecular complexity index is 1190. The van der Waals surface area contributed by atoms with E-state index in [1.54, 1.807) is 10.8 Å². The second-order valence-corrected chi connectivity index (χ2v) is 10.5. The monoisotopic (exact) mass is 442 g/mol. The first-order valence-corrected chi connectivity index (χ1v) is 11.8. The van der Waals surface area contributed by atoms with Crippen LogP contribution in [-0.4, -0.2) is 61.9 Å². The van der Waals surface area contributed by atoms with Crippen molar-refractivity contribution in [1.29, 1.82) is 0 Å². The van der Waals surface area contributed by atoms with E-state index in [0.717, 1.165) is 11.0 Å². The van der Waals surface area contributed by atoms with E-state index in [1.165, 1.54) is 0 Å². The molecular formula is C21H26N6O3S. The molecule has 3 atom stereocenters. The van der Waals surface area contributed by atoms with E-state index in [0.29, 0.717) is 49.0 Å². The summed E-state index contributed by atoms with van der Waals surface area (Å²) in [6.45, 7) is 7.55. The van der Waals surface area contributed by atoms with Gasteiger partial charge in [-0.1, -0.05) is 12.1 Å². The van der Waals surface area contributed by atoms with Crippen molar-refractivity contribution in [3.8, 4) is 11.7 Å². The van der Waals surface area contributed by atoms with Crippen LogP contribution < -0.4 is 15.4 Å². The molecule has 31 heavy (non-hydrogen) atoms. The van der Waals surface area contributed by atoms with Gasteiger partial charge in [0.15, 0.2) is 11.6 Å². The van der Waals surface area contributed by atoms with Crippen molar-refractivity contribution in [3.63, 3.8) is 0 Å². The molecular weight excluding hydrogens is 416 g/mol. The van der Waals surface area contributed by atoms with Gasteiger partial charge >= 0.3 is 0 Å². The number of anilines is 2. The van der Waals surface area contributed by atoms with Gasteiger partial charge in [0.25, 0.3) is 0 Å². The fraction of sp³-hybridized carbons (Fsp3) is 0.476. The van der Waals surface area contributed by atoms with E-state index in [9.17, 15) is 4.21 Å². The Balaban J connectivity index is 1.80. The summed E-state index contributed by atoms with van der Waals surface area (Å²) in [5.41, 5.74) is 8.46. The molecule has 1 fully saturated rings. The van der Waals surface area contributed by atoms with Gasteiger partial charge in [-0.2, -0.15) is 4.98 Å². The van der Waals surface area contributed by atoms with E-state index in [4.69, 9.17) is 25.2 Å². The number of para-hydroxylation sites is 2. The highest BCUT2D eigenvalue weighted by Gasteiger charge is 2.41. The highest BCUT2D eigenvalue weighted by atomic mass is 32.2. The Morgan fingerprint density at radius 2 is 1.94 bits per heavy atom. The number of hydrogen-bond donors (Lipinski definition) is 1. The minimum absolute atomic E-state index is 0.0546. The topological polar surface area (TPSA) is 108 Å². The average Bonchev–Trinajstić information content (AvgIpc) is 3.08. The maximum Gasteiger partial charge on any atom is 0.239 e. The Hall–Kier alpha value is -2.72. The lowest BCUT2D eigenvalue weighted by molar-refractivity contribution is 0.0482. The first-order valence-electron chi connectivity index (χ1n) is 10.3. The second kappa shape index (κ2) is 7.16. The maximum atomic E-state index is 12.7. The van der Waals surface area contributed by atoms with Crippen LogP contribution in [0.4, 0.5) is 11.8 Å². The zero-order chi connectivity index (χ0) is 21.9. The molecule has 5 rings (SSSR count). The molecule has 164 valence electrons. The van der Waals surface area contributed by atoms with Gasteiger partial charge < -0.3 is 20.1 Å². The summed E-state index contributed by atoms with van der Waals surface area (Å²) in [5.74, 6) is 1.95. The van der Waals surface area contributed by atoms with Gasteiger partial charge in [0, 0.05) is 17.1 Å². The fourth-order valence-corrected chi connectivity index (χ4v) is 4.63. The van der Waals surface area contributed by atoms with Crippen molar-refractivity contribution in [2.45, 2.75) is 37.6 Å². The van der Waals surface area contributed by atoms with Crippen LogP contribution in [0.3, 0.4) is 0 Å². The van der Waals surface area contributed by atoms with Crippen LogP contribution in [0, 0.1) is 0 Å². The number of rotatable bonds is 3. The summed E-state index contributed by atoms with van der Waals surface area (Å²) in [6, 6.07) is 7.84. The minimum Gasteiger partial charge on any atom is -0.486 e. The Morgan fingerprint density at radius 3 is 2.71 bits per heavy atom. The molecule has 0 amide bonds. The molecule has 4 heterocycles. The number of hydrogen-bond acceptors (Lipinski definition) is 8. The van der Waals surface area contributed by atoms with E-state index >= 15 is 0 Å². The van der Waals surface area contributed by atoms with Crippen molar-refractivity contribution in [1.82, 2.24) is 19.5 Å². The number of nitrogens with two attached hydrogens (primary N) is 1. The summed E-state index contributed by atoms with van der Waals surface area (Å²) in [6.07, 6.45) is 1.68. The molecule has 0 aliphatic carbocycles. The van der Waals surface area contributed by atoms with Crippen molar-refractivity contribution in [2.24, 2.45) is 0 Å². The van der Waals surface area contributed by atoms with Crippen molar-refractivity contribution in [3.05, 3.63) is 30.0 Å². The zero-order valence-electron chi connectivity index (χ0n) is 18.0. The number of ether oxygens (including phenoxy) is 2. The summed E-state index contributed by atoms with van der Waals surface area (Å²) in [4.78, 5) is 16.5. The predicted octanol–water partition coefficient (Wildman–Crippen LogP) is 2.00. The highest BCUT2D eigenvalue weighted by molar-refractivity contribution is 7.85. The molecule has 2 aliphatic heterocycles. The number of imidazole rings is 1. The molecule has 0 bridgehead atoms. The molecule has 1 unspecified atom stereocenters. The number of nitrogens with zero attached hydrogens (tertiary/aromatic N) is 5. The maximum absolute atomic E-state index is 12.7. The zero-order valence-corrected chi connectivity index (χ0v) is 18.8. The second-order valence-electron chi connectivity index (χ2n) is 8.54. The van der Waals surface area contributed by atoms with Crippen molar-refractivity contribution < 1.29 is 13.7 Å². The van der Waals surface area contributed by atoms with Gasteiger partial charge in [-0.05, 0) is 32.9 Å². The van der Waals surface area contributed by atoms with Gasteiger partial charge in [0.1, 0.15) is 12.3 Å². The first-order chi connectivity index (χ1) is 14.8. The Labute approximate surface area is 183 Å². The lowest BCUT2D eigenvalue weighted by Gasteiger charge is -2.45. The lowest BCUT2D eigenvalue weighted by atomic mass is 10.0. The summed E-state index contributed by atoms with van der Waals surface area (Å²) in [5, 5.41) is 0.